The molecule has 1 heterocycles. The molecule has 0 fully saturated rings. The lowest BCUT2D eigenvalue weighted by atomic mass is 10.2. The topological polar surface area (TPSA) is 112 Å². The average molecular weight is 352 g/mol. The minimum absolute atomic E-state index is 0.257. The van der Waals surface area contributed by atoms with Crippen LogP contribution in [0.15, 0.2) is 34.2 Å². The van der Waals surface area contributed by atoms with E-state index in [9.17, 15) is 14.9 Å². The molecule has 9 nitrogen and oxygen atoms in total. The predicted molar refractivity (Wildman–Crippen MR) is 90.0 cm³/mol. The SMILES string of the molecule is CCOc1ccc(/C=N\Nc2c([N+](=O)[O-])nn(C)c(=O)c2Cl)cc1. The van der Waals surface area contributed by atoms with Gasteiger partial charge in [0.2, 0.25) is 0 Å². The summed E-state index contributed by atoms with van der Waals surface area (Å²) in [5, 5.41) is 18.1. The van der Waals surface area contributed by atoms with Gasteiger partial charge < -0.3 is 14.9 Å². The van der Waals surface area contributed by atoms with Gasteiger partial charge in [-0.3, -0.25) is 10.2 Å². The Morgan fingerprint density at radius 3 is 2.71 bits per heavy atom. The van der Waals surface area contributed by atoms with Crippen molar-refractivity contribution in [2.24, 2.45) is 12.1 Å². The second kappa shape index (κ2) is 7.55. The molecule has 0 radical (unpaired) electrons. The van der Waals surface area contributed by atoms with Gasteiger partial charge in [0.15, 0.2) is 5.69 Å². The lowest BCUT2D eigenvalue weighted by Gasteiger charge is -2.04. The number of hydrogen-bond acceptors (Lipinski definition) is 7. The highest BCUT2D eigenvalue weighted by Gasteiger charge is 2.24. The zero-order chi connectivity index (χ0) is 17.7. The molecule has 0 aliphatic carbocycles. The molecule has 0 saturated heterocycles. The fourth-order valence-corrected chi connectivity index (χ4v) is 2.05. The zero-order valence-electron chi connectivity index (χ0n) is 12.9. The van der Waals surface area contributed by atoms with Crippen LogP contribution in [0.4, 0.5) is 11.5 Å². The molecule has 0 spiro atoms. The number of aromatic nitrogens is 2. The Morgan fingerprint density at radius 2 is 2.12 bits per heavy atom. The number of nitrogens with zero attached hydrogens (tertiary/aromatic N) is 4. The number of rotatable bonds is 6. The second-order valence-electron chi connectivity index (χ2n) is 4.57. The predicted octanol–water partition coefficient (Wildman–Crippen LogP) is 2.19. The van der Waals surface area contributed by atoms with Crippen molar-refractivity contribution in [1.29, 1.82) is 0 Å². The molecule has 10 heteroatoms. The Hall–Kier alpha value is -2.94. The Morgan fingerprint density at radius 1 is 1.46 bits per heavy atom. The molecule has 1 aromatic heterocycles. The van der Waals surface area contributed by atoms with E-state index >= 15 is 0 Å². The van der Waals surface area contributed by atoms with Gasteiger partial charge in [0, 0.05) is 0 Å². The van der Waals surface area contributed by atoms with Gasteiger partial charge in [-0.1, -0.05) is 11.6 Å². The average Bonchev–Trinajstić information content (AvgIpc) is 2.56. The Bertz CT molecular complexity index is 832. The Kier molecular flexibility index (Phi) is 5.48. The van der Waals surface area contributed by atoms with Gasteiger partial charge in [-0.2, -0.15) is 5.10 Å². The van der Waals surface area contributed by atoms with Crippen LogP contribution < -0.4 is 15.7 Å². The Labute approximate surface area is 141 Å². The highest BCUT2D eigenvalue weighted by Crippen LogP contribution is 2.26. The highest BCUT2D eigenvalue weighted by atomic mass is 35.5. The van der Waals surface area contributed by atoms with Crippen molar-refractivity contribution < 1.29 is 9.66 Å². The number of nitrogens with one attached hydrogen (secondary N) is 1. The summed E-state index contributed by atoms with van der Waals surface area (Å²) < 4.78 is 6.11. The number of halogens is 1. The van der Waals surface area contributed by atoms with Crippen molar-refractivity contribution in [3.05, 3.63) is 55.3 Å². The van der Waals surface area contributed by atoms with E-state index in [-0.39, 0.29) is 10.7 Å². The fraction of sp³-hybridized carbons (Fsp3) is 0.214. The molecular weight excluding hydrogens is 338 g/mol. The summed E-state index contributed by atoms with van der Waals surface area (Å²) >= 11 is 5.85. The van der Waals surface area contributed by atoms with E-state index in [1.54, 1.807) is 24.3 Å². The molecule has 0 aliphatic heterocycles. The highest BCUT2D eigenvalue weighted by molar-refractivity contribution is 6.33. The number of benzene rings is 1. The molecule has 24 heavy (non-hydrogen) atoms. The zero-order valence-corrected chi connectivity index (χ0v) is 13.6. The molecule has 1 N–H and O–H groups in total. The molecule has 1 aromatic carbocycles. The number of ether oxygens (including phenoxy) is 1. The van der Waals surface area contributed by atoms with Crippen molar-refractivity contribution >= 4 is 29.3 Å². The van der Waals surface area contributed by atoms with Crippen molar-refractivity contribution in [2.45, 2.75) is 6.92 Å². The standard InChI is InChI=1S/C14H14ClN5O4/c1-3-24-10-6-4-9(5-7-10)8-16-17-12-11(15)14(21)19(2)18-13(12)20(22)23/h4-8,17H,3H2,1-2H3/b16-8-. The van der Waals surface area contributed by atoms with Crippen LogP contribution in [0.5, 0.6) is 5.75 Å². The molecule has 0 aliphatic rings. The first-order valence-electron chi connectivity index (χ1n) is 6.87. The van der Waals surface area contributed by atoms with Crippen LogP contribution >= 0.6 is 11.6 Å². The maximum Gasteiger partial charge on any atom is 0.415 e. The molecule has 0 saturated carbocycles. The van der Waals surface area contributed by atoms with Crippen molar-refractivity contribution in [1.82, 2.24) is 9.78 Å². The van der Waals surface area contributed by atoms with Gasteiger partial charge in [0.05, 0.1) is 25.0 Å². The number of anilines is 1. The summed E-state index contributed by atoms with van der Waals surface area (Å²) in [7, 11) is 1.27. The summed E-state index contributed by atoms with van der Waals surface area (Å²) in [5.74, 6) is 0.128. The van der Waals surface area contributed by atoms with Crippen molar-refractivity contribution in [3.8, 4) is 5.75 Å². The molecular formula is C14H14ClN5O4. The van der Waals surface area contributed by atoms with Gasteiger partial charge in [0.25, 0.3) is 0 Å². The molecule has 0 atom stereocenters. The first-order valence-corrected chi connectivity index (χ1v) is 7.25. The third kappa shape index (κ3) is 3.87. The Balaban J connectivity index is 2.23. The van der Waals surface area contributed by atoms with E-state index in [0.717, 1.165) is 16.0 Å². The van der Waals surface area contributed by atoms with E-state index in [1.807, 2.05) is 6.92 Å². The van der Waals surface area contributed by atoms with Crippen molar-refractivity contribution in [3.63, 3.8) is 0 Å². The van der Waals surface area contributed by atoms with Crippen LogP contribution in [0.1, 0.15) is 12.5 Å². The quantitative estimate of drug-likeness (QED) is 0.485. The van der Waals surface area contributed by atoms with E-state index in [0.29, 0.717) is 6.61 Å². The smallest absolute Gasteiger partial charge is 0.415 e. The second-order valence-corrected chi connectivity index (χ2v) is 4.95. The van der Waals surface area contributed by atoms with Crippen LogP contribution in [-0.4, -0.2) is 27.5 Å². The number of aryl methyl sites for hydroxylation is 1. The largest absolute Gasteiger partial charge is 0.494 e. The molecule has 126 valence electrons. The maximum atomic E-state index is 11.7. The molecule has 0 bridgehead atoms. The summed E-state index contributed by atoms with van der Waals surface area (Å²) in [6.07, 6.45) is 1.42. The van der Waals surface area contributed by atoms with E-state index in [4.69, 9.17) is 16.3 Å². The third-order valence-electron chi connectivity index (χ3n) is 2.92. The van der Waals surface area contributed by atoms with Gasteiger partial charge in [-0.05, 0) is 41.7 Å². The lowest BCUT2D eigenvalue weighted by molar-refractivity contribution is -0.389. The molecule has 2 rings (SSSR count). The summed E-state index contributed by atoms with van der Waals surface area (Å²) in [6, 6.07) is 7.04. The van der Waals surface area contributed by atoms with Crippen molar-refractivity contribution in [2.75, 3.05) is 12.0 Å². The number of nitro groups is 1. The first-order chi connectivity index (χ1) is 11.4. The third-order valence-corrected chi connectivity index (χ3v) is 3.27. The molecule has 2 aromatic rings. The number of hydrogen-bond donors (Lipinski definition) is 1. The van der Waals surface area contributed by atoms with Gasteiger partial charge in [-0.25, -0.2) is 0 Å². The van der Waals surface area contributed by atoms with E-state index in [2.05, 4.69) is 15.6 Å². The molecule has 0 amide bonds. The van der Waals surface area contributed by atoms with Crippen LogP contribution in [0.25, 0.3) is 0 Å². The van der Waals surface area contributed by atoms with Gasteiger partial charge >= 0.3 is 11.4 Å². The summed E-state index contributed by atoms with van der Waals surface area (Å²) in [5.41, 5.74) is 2.21. The van der Waals surface area contributed by atoms with Gasteiger partial charge in [-0.15, -0.1) is 4.68 Å². The van der Waals surface area contributed by atoms with Crippen LogP contribution in [0.2, 0.25) is 5.02 Å². The van der Waals surface area contributed by atoms with Crippen LogP contribution in [0.3, 0.4) is 0 Å². The van der Waals surface area contributed by atoms with E-state index < -0.39 is 16.3 Å². The maximum absolute atomic E-state index is 11.7. The monoisotopic (exact) mass is 351 g/mol. The van der Waals surface area contributed by atoms with Crippen LogP contribution in [-0.2, 0) is 7.05 Å². The first kappa shape index (κ1) is 17.4. The molecule has 0 unspecified atom stereocenters. The van der Waals surface area contributed by atoms with Gasteiger partial charge in [0.1, 0.15) is 10.8 Å². The summed E-state index contributed by atoms with van der Waals surface area (Å²) in [4.78, 5) is 22.0. The lowest BCUT2D eigenvalue weighted by Crippen LogP contribution is -2.22. The fourth-order valence-electron chi connectivity index (χ4n) is 1.80. The normalized spacial score (nSPS) is 10.8. The minimum atomic E-state index is -0.750. The van der Waals surface area contributed by atoms with E-state index in [1.165, 1.54) is 13.3 Å². The summed E-state index contributed by atoms with van der Waals surface area (Å²) in [6.45, 7) is 2.45. The number of hydrazone groups is 1. The van der Waals surface area contributed by atoms with Crippen LogP contribution in [0, 0.1) is 10.1 Å². The minimum Gasteiger partial charge on any atom is -0.494 e.